The molecule has 18 rings (SSSR count). The van der Waals surface area contributed by atoms with Gasteiger partial charge in [-0.1, -0.05) is 89.9 Å². The Morgan fingerprint density at radius 3 is 0.500 bits per heavy atom. The summed E-state index contributed by atoms with van der Waals surface area (Å²) in [7, 11) is -4.28. The van der Waals surface area contributed by atoms with Gasteiger partial charge in [-0.25, -0.2) is 16.8 Å². The van der Waals surface area contributed by atoms with Gasteiger partial charge < -0.3 is 9.11 Å². The second kappa shape index (κ2) is 27.0. The summed E-state index contributed by atoms with van der Waals surface area (Å²) in [6.07, 6.45) is 37.0. The van der Waals surface area contributed by atoms with Gasteiger partial charge in [-0.3, -0.25) is 85.1 Å². The second-order valence-corrected chi connectivity index (χ2v) is 35.6. The number of hydrogen-bond donors (Lipinski definition) is 16. The van der Waals surface area contributed by atoms with Crippen LogP contribution in [-0.2, 0) is 37.5 Å². The normalized spacial score (nSPS) is 54.4. The molecule has 0 aromatic carbocycles. The van der Waals surface area contributed by atoms with E-state index in [0.717, 1.165) is 25.7 Å². The van der Waals surface area contributed by atoms with Gasteiger partial charge >= 0.3 is 27.0 Å². The first kappa shape index (κ1) is 64.7. The van der Waals surface area contributed by atoms with Crippen molar-refractivity contribution in [3.05, 3.63) is 0 Å². The monoisotopic (exact) mass is 1400 g/mol. The number of nitrogens with one attached hydrogen (secondary N) is 16. The van der Waals surface area contributed by atoms with Gasteiger partial charge in [0.25, 0.3) is 0 Å². The molecule has 10 aliphatic heterocycles. The topological polar surface area (TPSA) is 307 Å². The molecular formula is C64H110ClN16O6RhS2. The molecule has 0 radical (unpaired) electrons. The number of hydrogen-bond acceptors (Lipinski definition) is 22. The molecule has 10 saturated heterocycles. The third kappa shape index (κ3) is 12.2. The molecule has 10 heterocycles. The summed E-state index contributed by atoms with van der Waals surface area (Å²) in [4.78, 5) is 0. The van der Waals surface area contributed by atoms with E-state index in [2.05, 4.69) is 94.8 Å². The molecule has 8 saturated carbocycles. The molecule has 0 aromatic heterocycles. The van der Waals surface area contributed by atoms with E-state index < -0.39 is 30.7 Å². The zero-order chi connectivity index (χ0) is 61.2. The van der Waals surface area contributed by atoms with E-state index in [1.54, 1.807) is 0 Å². The fourth-order valence-corrected chi connectivity index (χ4v) is 27.1. The van der Waals surface area contributed by atoms with Crippen molar-refractivity contribution in [1.82, 2.24) is 85.1 Å². The zero-order valence-electron chi connectivity index (χ0n) is 52.8. The summed E-state index contributed by atoms with van der Waals surface area (Å²) < 4.78 is 76.3. The summed E-state index contributed by atoms with van der Waals surface area (Å²) in [5.41, 5.74) is 0. The Morgan fingerprint density at radius 2 is 0.344 bits per heavy atom. The van der Waals surface area contributed by atoms with E-state index in [1.807, 2.05) is 17.3 Å². The Bertz CT molecular complexity index is 2550. The van der Waals surface area contributed by atoms with Crippen LogP contribution in [0.2, 0.25) is 0 Å². The molecule has 16 bridgehead atoms. The van der Waals surface area contributed by atoms with Crippen LogP contribution in [0.25, 0.3) is 0 Å². The maximum absolute atomic E-state index is 12.7. The van der Waals surface area contributed by atoms with Crippen molar-refractivity contribution in [2.24, 2.45) is 94.7 Å². The molecule has 34 atom stereocenters. The first-order chi connectivity index (χ1) is 43.8. The van der Waals surface area contributed by atoms with Crippen LogP contribution in [0.1, 0.15) is 193 Å². The molecular weight excluding hydrogens is 1290 g/mol. The van der Waals surface area contributed by atoms with Gasteiger partial charge in [0.1, 0.15) is 0 Å². The van der Waals surface area contributed by atoms with Crippen molar-refractivity contribution in [1.29, 1.82) is 0 Å². The molecule has 0 spiro atoms. The Morgan fingerprint density at radius 1 is 0.211 bits per heavy atom. The molecule has 22 nitrogen and oxygen atoms in total. The van der Waals surface area contributed by atoms with E-state index in [-0.39, 0.29) is 110 Å². The maximum atomic E-state index is 12.7. The molecule has 18 fully saturated rings. The van der Waals surface area contributed by atoms with Crippen molar-refractivity contribution < 1.29 is 43.3 Å². The molecule has 0 aromatic rings. The summed E-state index contributed by atoms with van der Waals surface area (Å²) in [5.74, 6) is 6.67. The van der Waals surface area contributed by atoms with Crippen LogP contribution in [0.5, 0.6) is 0 Å². The van der Waals surface area contributed by atoms with E-state index in [1.165, 1.54) is 154 Å². The van der Waals surface area contributed by atoms with Crippen molar-refractivity contribution in [3.63, 3.8) is 0 Å². The SMILES string of the molecule is O=S(=O)([O-])C1CCCC2C3NC4NC(NC5NC(NC6NC(NC(N3)C21)C1CCCCC61)C1CCCCC51)C1CCCCC41.O=S(=O)([O-])C1CCCC2C3NC4NC(NC5NC(NC6NC(NC(N3)C21)C1CCCCC61)C1CCCCC51)C1CCCCC41.[Cl][Rh+2]. The zero-order valence-corrected chi connectivity index (χ0v) is 56.8. The first-order valence-corrected chi connectivity index (χ1v) is 42.1. The van der Waals surface area contributed by atoms with Gasteiger partial charge in [-0.05, 0) is 186 Å². The van der Waals surface area contributed by atoms with Gasteiger partial charge in [-0.15, -0.1) is 0 Å². The Kier molecular flexibility index (Phi) is 19.4. The molecule has 510 valence electrons. The molecule has 0 amide bonds. The summed E-state index contributed by atoms with van der Waals surface area (Å²) in [6, 6.07) is 0. The third-order valence-electron chi connectivity index (χ3n) is 28.4. The van der Waals surface area contributed by atoms with Crippen LogP contribution >= 0.6 is 9.69 Å². The number of fused-ring (bicyclic) bond motifs is 40. The van der Waals surface area contributed by atoms with Crippen molar-refractivity contribution in [3.8, 4) is 0 Å². The summed E-state index contributed by atoms with van der Waals surface area (Å²) >= 11 is 2.02. The van der Waals surface area contributed by atoms with Gasteiger partial charge in [0.05, 0.1) is 129 Å². The van der Waals surface area contributed by atoms with Crippen LogP contribution in [0.4, 0.5) is 0 Å². The van der Waals surface area contributed by atoms with Crippen LogP contribution in [0.3, 0.4) is 0 Å². The third-order valence-corrected chi connectivity index (χ3v) is 31.0. The fourth-order valence-electron chi connectivity index (χ4n) is 24.7. The van der Waals surface area contributed by atoms with E-state index in [0.29, 0.717) is 96.2 Å². The van der Waals surface area contributed by atoms with E-state index in [4.69, 9.17) is 0 Å². The summed E-state index contributed by atoms with van der Waals surface area (Å²) in [5, 5.41) is 63.1. The number of rotatable bonds is 2. The molecule has 16 N–H and O–H groups in total. The van der Waals surface area contributed by atoms with Gasteiger partial charge in [0, 0.05) is 11.8 Å². The summed E-state index contributed by atoms with van der Waals surface area (Å²) in [6.45, 7) is 0. The average Bonchev–Trinajstić information content (AvgIpc) is 1.65. The average molecular weight is 1400 g/mol. The van der Waals surface area contributed by atoms with Crippen LogP contribution < -0.4 is 85.1 Å². The van der Waals surface area contributed by atoms with Gasteiger partial charge in [0.15, 0.2) is 0 Å². The predicted molar refractivity (Wildman–Crippen MR) is 338 cm³/mol. The second-order valence-electron chi connectivity index (χ2n) is 32.4. The Balaban J connectivity index is 0.000000140. The molecule has 90 heavy (non-hydrogen) atoms. The number of halogens is 1. The van der Waals surface area contributed by atoms with Gasteiger partial charge in [0.2, 0.25) is 0 Å². The Labute approximate surface area is 551 Å². The molecule has 8 aliphatic carbocycles. The molecule has 18 aliphatic rings. The van der Waals surface area contributed by atoms with E-state index >= 15 is 0 Å². The minimum absolute atomic E-state index is 0.0250. The minimum atomic E-state index is -4.41. The fraction of sp³-hybridized carbons (Fsp3) is 1.00. The van der Waals surface area contributed by atoms with Crippen molar-refractivity contribution in [2.45, 2.75) is 302 Å². The van der Waals surface area contributed by atoms with Crippen molar-refractivity contribution >= 4 is 29.9 Å². The first-order valence-electron chi connectivity index (χ1n) is 37.0. The van der Waals surface area contributed by atoms with Crippen molar-refractivity contribution in [2.75, 3.05) is 0 Å². The Hall–Kier alpha value is 0.0934. The van der Waals surface area contributed by atoms with Crippen LogP contribution in [0.15, 0.2) is 0 Å². The molecule has 34 unspecified atom stereocenters. The molecule has 26 heteroatoms. The quantitative estimate of drug-likeness (QED) is 0.140. The van der Waals surface area contributed by atoms with Crippen LogP contribution in [0, 0.1) is 94.7 Å². The van der Waals surface area contributed by atoms with E-state index in [9.17, 15) is 25.9 Å². The predicted octanol–water partition coefficient (Wildman–Crippen LogP) is 2.95. The van der Waals surface area contributed by atoms with Crippen LogP contribution in [-0.4, -0.2) is 135 Å². The van der Waals surface area contributed by atoms with Gasteiger partial charge in [-0.2, -0.15) is 0 Å². The standard InChI is InChI=1S/2C32H56N8O3S.ClH.Rh/c2*41-44(42,43)23-15-7-14-22-24(23)32-39-30-21-13-6-5-12-20(21)28(37-30)35-26-17-9-2-1-8-16(17)25(33-26)34-27-18-10-3-4-11-19(18)29(36-27)38-31(22)40-32;;/h2*16-40H,1-15H2,(H,41,42,43);1H;/q;;;+3/p-3.